The quantitative estimate of drug-likeness (QED) is 0.593. The average molecular weight is 288 g/mol. The largest absolute Gasteiger partial charge is 0.467 e. The molecule has 0 bridgehead atoms. The molecule has 1 atom stereocenters. The highest BCUT2D eigenvalue weighted by Crippen LogP contribution is 2.14. The second-order valence-electron chi connectivity index (χ2n) is 4.87. The van der Waals surface area contributed by atoms with Crippen molar-refractivity contribution in [3.8, 4) is 0 Å². The van der Waals surface area contributed by atoms with Gasteiger partial charge in [0.15, 0.2) is 0 Å². The monoisotopic (exact) mass is 288 g/mol. The molecule has 7 heteroatoms. The van der Waals surface area contributed by atoms with Crippen molar-refractivity contribution < 1.29 is 24.2 Å². The number of hydrogen-bond donors (Lipinski definition) is 2. The maximum Gasteiger partial charge on any atom is 0.329 e. The lowest BCUT2D eigenvalue weighted by Crippen LogP contribution is -2.50. The molecule has 0 spiro atoms. The summed E-state index contributed by atoms with van der Waals surface area (Å²) in [5.41, 5.74) is 0. The Labute approximate surface area is 119 Å². The van der Waals surface area contributed by atoms with Crippen molar-refractivity contribution in [2.75, 3.05) is 40.0 Å². The van der Waals surface area contributed by atoms with Crippen LogP contribution in [0.3, 0.4) is 0 Å². The number of carbonyl (C=O) groups is 2. The van der Waals surface area contributed by atoms with Crippen LogP contribution in [0, 0.1) is 0 Å². The average Bonchev–Trinajstić information content (AvgIpc) is 2.44. The first-order valence-corrected chi connectivity index (χ1v) is 6.86. The van der Waals surface area contributed by atoms with Crippen LogP contribution < -0.4 is 5.32 Å². The number of piperidine rings is 1. The lowest BCUT2D eigenvalue weighted by atomic mass is 10.1. The minimum atomic E-state index is -0.632. The first-order chi connectivity index (χ1) is 9.56. The lowest BCUT2D eigenvalue weighted by molar-refractivity contribution is -0.145. The van der Waals surface area contributed by atoms with E-state index in [-0.39, 0.29) is 18.6 Å². The van der Waals surface area contributed by atoms with Gasteiger partial charge in [-0.1, -0.05) is 0 Å². The maximum atomic E-state index is 11.6. The van der Waals surface area contributed by atoms with Gasteiger partial charge in [0.25, 0.3) is 0 Å². The number of nitrogens with one attached hydrogen (secondary N) is 1. The van der Waals surface area contributed by atoms with E-state index in [4.69, 9.17) is 14.6 Å². The number of amides is 1. The molecule has 1 unspecified atom stereocenters. The third kappa shape index (κ3) is 5.85. The molecule has 1 heterocycles. The van der Waals surface area contributed by atoms with Crippen LogP contribution in [-0.4, -0.2) is 74.0 Å². The van der Waals surface area contributed by atoms with Crippen molar-refractivity contribution in [3.05, 3.63) is 0 Å². The van der Waals surface area contributed by atoms with Gasteiger partial charge in [-0.05, 0) is 12.8 Å². The van der Waals surface area contributed by atoms with Gasteiger partial charge in [0.2, 0.25) is 5.91 Å². The predicted molar refractivity (Wildman–Crippen MR) is 72.1 cm³/mol. The third-order valence-electron chi connectivity index (χ3n) is 3.28. The molecule has 7 nitrogen and oxygen atoms in total. The molecule has 0 aromatic heterocycles. The maximum absolute atomic E-state index is 11.6. The zero-order valence-corrected chi connectivity index (χ0v) is 12.1. The van der Waals surface area contributed by atoms with Crippen LogP contribution in [-0.2, 0) is 19.1 Å². The van der Waals surface area contributed by atoms with Crippen LogP contribution in [0.5, 0.6) is 0 Å². The van der Waals surface area contributed by atoms with E-state index in [9.17, 15) is 9.59 Å². The Morgan fingerprint density at radius 2 is 2.05 bits per heavy atom. The molecule has 1 rings (SSSR count). The van der Waals surface area contributed by atoms with Gasteiger partial charge in [0.05, 0.1) is 26.4 Å². The van der Waals surface area contributed by atoms with Gasteiger partial charge in [-0.15, -0.1) is 0 Å². The van der Waals surface area contributed by atoms with E-state index in [2.05, 4.69) is 10.2 Å². The summed E-state index contributed by atoms with van der Waals surface area (Å²) >= 11 is 0. The van der Waals surface area contributed by atoms with Gasteiger partial charge in [0.1, 0.15) is 6.04 Å². The topological polar surface area (TPSA) is 88.1 Å². The van der Waals surface area contributed by atoms with Crippen LogP contribution in [0.25, 0.3) is 0 Å². The van der Waals surface area contributed by atoms with E-state index in [1.165, 1.54) is 14.0 Å². The molecule has 20 heavy (non-hydrogen) atoms. The van der Waals surface area contributed by atoms with E-state index in [1.807, 2.05) is 0 Å². The highest BCUT2D eigenvalue weighted by Gasteiger charge is 2.26. The number of aliphatic hydroxyl groups is 1. The first-order valence-electron chi connectivity index (χ1n) is 6.86. The van der Waals surface area contributed by atoms with Crippen molar-refractivity contribution in [2.45, 2.75) is 31.9 Å². The molecule has 1 aliphatic heterocycles. The van der Waals surface area contributed by atoms with Crippen LogP contribution in [0.4, 0.5) is 0 Å². The van der Waals surface area contributed by atoms with E-state index < -0.39 is 12.0 Å². The second kappa shape index (κ2) is 8.89. The second-order valence-corrected chi connectivity index (χ2v) is 4.87. The standard InChI is InChI=1S/C13H24N2O5/c1-10(17)14-12(13(18)19-2)9-15-5-3-11(4-6-15)20-8-7-16/h11-12,16H,3-9H2,1-2H3,(H,14,17). The van der Waals surface area contributed by atoms with Crippen molar-refractivity contribution in [1.29, 1.82) is 0 Å². The number of aliphatic hydroxyl groups excluding tert-OH is 1. The Morgan fingerprint density at radius 3 is 2.55 bits per heavy atom. The van der Waals surface area contributed by atoms with E-state index in [0.717, 1.165) is 25.9 Å². The van der Waals surface area contributed by atoms with Crippen molar-refractivity contribution >= 4 is 11.9 Å². The zero-order chi connectivity index (χ0) is 15.0. The van der Waals surface area contributed by atoms with Crippen molar-refractivity contribution in [3.63, 3.8) is 0 Å². The summed E-state index contributed by atoms with van der Waals surface area (Å²) in [6.07, 6.45) is 1.87. The number of methoxy groups -OCH3 is 1. The minimum absolute atomic E-state index is 0.0349. The minimum Gasteiger partial charge on any atom is -0.467 e. The summed E-state index contributed by atoms with van der Waals surface area (Å²) in [5.74, 6) is -0.680. The summed E-state index contributed by atoms with van der Waals surface area (Å²) in [6, 6.07) is -0.632. The van der Waals surface area contributed by atoms with Gasteiger partial charge >= 0.3 is 5.97 Å². The Hall–Kier alpha value is -1.18. The first kappa shape index (κ1) is 16.9. The molecule has 0 aliphatic carbocycles. The van der Waals surface area contributed by atoms with E-state index >= 15 is 0 Å². The van der Waals surface area contributed by atoms with Crippen LogP contribution >= 0.6 is 0 Å². The van der Waals surface area contributed by atoms with Gasteiger partial charge in [-0.3, -0.25) is 4.79 Å². The molecule has 1 fully saturated rings. The van der Waals surface area contributed by atoms with Gasteiger partial charge in [-0.2, -0.15) is 0 Å². The third-order valence-corrected chi connectivity index (χ3v) is 3.28. The Bertz CT molecular complexity index is 316. The SMILES string of the molecule is COC(=O)C(CN1CCC(OCCO)CC1)NC(C)=O. The molecule has 0 aromatic carbocycles. The Morgan fingerprint density at radius 1 is 1.40 bits per heavy atom. The molecule has 0 saturated carbocycles. The van der Waals surface area contributed by atoms with Gasteiger partial charge in [0, 0.05) is 26.6 Å². The van der Waals surface area contributed by atoms with Gasteiger partial charge < -0.3 is 24.8 Å². The summed E-state index contributed by atoms with van der Waals surface area (Å²) in [7, 11) is 1.31. The number of likely N-dealkylation sites (tertiary alicyclic amines) is 1. The highest BCUT2D eigenvalue weighted by molar-refractivity contribution is 5.83. The number of nitrogens with zero attached hydrogens (tertiary/aromatic N) is 1. The predicted octanol–water partition coefficient (Wildman–Crippen LogP) is -0.863. The Balaban J connectivity index is 2.39. The fourth-order valence-electron chi connectivity index (χ4n) is 2.30. The number of hydrogen-bond acceptors (Lipinski definition) is 6. The van der Waals surface area contributed by atoms with Crippen LogP contribution in [0.1, 0.15) is 19.8 Å². The summed E-state index contributed by atoms with van der Waals surface area (Å²) in [6.45, 7) is 3.81. The fourth-order valence-corrected chi connectivity index (χ4v) is 2.30. The number of rotatable bonds is 7. The molecular weight excluding hydrogens is 264 g/mol. The lowest BCUT2D eigenvalue weighted by Gasteiger charge is -2.33. The molecular formula is C13H24N2O5. The van der Waals surface area contributed by atoms with Crippen LogP contribution in [0.2, 0.25) is 0 Å². The highest BCUT2D eigenvalue weighted by atomic mass is 16.5. The fraction of sp³-hybridized carbons (Fsp3) is 0.846. The van der Waals surface area contributed by atoms with Gasteiger partial charge in [-0.25, -0.2) is 4.79 Å². The number of esters is 1. The summed E-state index contributed by atoms with van der Waals surface area (Å²) in [5, 5.41) is 11.3. The summed E-state index contributed by atoms with van der Waals surface area (Å²) in [4.78, 5) is 24.8. The smallest absolute Gasteiger partial charge is 0.329 e. The molecule has 0 aromatic rings. The zero-order valence-electron chi connectivity index (χ0n) is 12.1. The molecule has 116 valence electrons. The van der Waals surface area contributed by atoms with Crippen LogP contribution in [0.15, 0.2) is 0 Å². The van der Waals surface area contributed by atoms with Crippen molar-refractivity contribution in [1.82, 2.24) is 10.2 Å². The van der Waals surface area contributed by atoms with Crippen molar-refractivity contribution in [2.24, 2.45) is 0 Å². The molecule has 0 radical (unpaired) electrons. The normalized spacial score (nSPS) is 18.6. The number of carbonyl (C=O) groups excluding carboxylic acids is 2. The summed E-state index contributed by atoms with van der Waals surface area (Å²) < 4.78 is 10.2. The Kier molecular flexibility index (Phi) is 7.50. The molecule has 1 saturated heterocycles. The molecule has 1 amide bonds. The number of ether oxygens (including phenoxy) is 2. The molecule has 2 N–H and O–H groups in total. The van der Waals surface area contributed by atoms with E-state index in [0.29, 0.717) is 13.2 Å². The van der Waals surface area contributed by atoms with E-state index in [1.54, 1.807) is 0 Å². The molecule has 1 aliphatic rings.